The van der Waals surface area contributed by atoms with Gasteiger partial charge < -0.3 is 0 Å². The van der Waals surface area contributed by atoms with Crippen molar-refractivity contribution in [2.45, 2.75) is 26.0 Å². The van der Waals surface area contributed by atoms with Gasteiger partial charge in [-0.15, -0.1) is 0 Å². The molecule has 18 heavy (non-hydrogen) atoms. The molecule has 1 aromatic rings. The van der Waals surface area contributed by atoms with Crippen LogP contribution < -0.4 is 0 Å². The Balaban J connectivity index is 2.66. The first-order valence-corrected chi connectivity index (χ1v) is 7.80. The summed E-state index contributed by atoms with van der Waals surface area (Å²) in [5, 5.41) is 9.44. The summed E-state index contributed by atoms with van der Waals surface area (Å²) in [4.78, 5) is 0. The van der Waals surface area contributed by atoms with Crippen LogP contribution >= 0.6 is 11.6 Å². The van der Waals surface area contributed by atoms with Gasteiger partial charge in [-0.2, -0.15) is 5.26 Å². The van der Waals surface area contributed by atoms with Crippen molar-refractivity contribution in [3.8, 4) is 6.07 Å². The van der Waals surface area contributed by atoms with Crippen LogP contribution in [0.1, 0.15) is 25.8 Å². The number of halogens is 1. The van der Waals surface area contributed by atoms with E-state index in [4.69, 9.17) is 16.9 Å². The van der Waals surface area contributed by atoms with E-state index in [0.29, 0.717) is 17.0 Å². The van der Waals surface area contributed by atoms with Gasteiger partial charge >= 0.3 is 0 Å². The summed E-state index contributed by atoms with van der Waals surface area (Å²) >= 11 is 5.74. The fourth-order valence-electron chi connectivity index (χ4n) is 1.37. The highest BCUT2D eigenvalue weighted by atomic mass is 35.5. The molecule has 0 aromatic heterocycles. The summed E-state index contributed by atoms with van der Waals surface area (Å²) < 4.78 is 23.8. The van der Waals surface area contributed by atoms with Crippen LogP contribution in [0, 0.1) is 16.7 Å². The van der Waals surface area contributed by atoms with E-state index >= 15 is 0 Å². The number of nitriles is 1. The lowest BCUT2D eigenvalue weighted by Gasteiger charge is -2.14. The summed E-state index contributed by atoms with van der Waals surface area (Å²) in [6.45, 7) is 3.48. The Hall–Kier alpha value is -1.05. The topological polar surface area (TPSA) is 57.9 Å². The Morgan fingerprint density at radius 3 is 2.33 bits per heavy atom. The van der Waals surface area contributed by atoms with E-state index in [2.05, 4.69) is 6.07 Å². The molecule has 0 fully saturated rings. The van der Waals surface area contributed by atoms with Crippen LogP contribution in [-0.4, -0.2) is 14.2 Å². The maximum absolute atomic E-state index is 11.9. The van der Waals surface area contributed by atoms with Crippen molar-refractivity contribution < 1.29 is 8.42 Å². The van der Waals surface area contributed by atoms with Gasteiger partial charge in [-0.3, -0.25) is 0 Å². The van der Waals surface area contributed by atoms with Crippen molar-refractivity contribution >= 4 is 21.4 Å². The fourth-order valence-corrected chi connectivity index (χ4v) is 3.17. The number of sulfone groups is 1. The van der Waals surface area contributed by atoms with Gasteiger partial charge in [-0.05, 0) is 38.0 Å². The summed E-state index contributed by atoms with van der Waals surface area (Å²) in [6.07, 6.45) is 0.347. The molecule has 0 saturated heterocycles. The highest BCUT2D eigenvalue weighted by Crippen LogP contribution is 2.21. The van der Waals surface area contributed by atoms with Crippen molar-refractivity contribution in [1.29, 1.82) is 5.26 Å². The lowest BCUT2D eigenvalue weighted by molar-refractivity contribution is 0.473. The molecule has 0 radical (unpaired) electrons. The smallest absolute Gasteiger partial charge is 0.154 e. The molecule has 3 nitrogen and oxygen atoms in total. The first-order valence-electron chi connectivity index (χ1n) is 5.60. The first-order chi connectivity index (χ1) is 8.24. The Morgan fingerprint density at radius 1 is 1.28 bits per heavy atom. The van der Waals surface area contributed by atoms with Crippen LogP contribution in [0.5, 0.6) is 0 Å². The molecule has 0 aliphatic rings. The second-order valence-electron chi connectivity index (χ2n) is 4.96. The number of nitrogens with zero attached hydrogens (tertiary/aromatic N) is 1. The van der Waals surface area contributed by atoms with Gasteiger partial charge in [0.15, 0.2) is 9.84 Å². The molecule has 0 aliphatic heterocycles. The van der Waals surface area contributed by atoms with Gasteiger partial charge in [-0.1, -0.05) is 23.7 Å². The van der Waals surface area contributed by atoms with Crippen molar-refractivity contribution in [1.82, 2.24) is 0 Å². The summed E-state index contributed by atoms with van der Waals surface area (Å²) in [7, 11) is -3.18. The molecule has 1 aromatic carbocycles. The molecule has 0 N–H and O–H groups in total. The molecule has 0 aliphatic carbocycles. The lowest BCUT2D eigenvalue weighted by Crippen LogP contribution is -2.17. The van der Waals surface area contributed by atoms with Gasteiger partial charge in [0.2, 0.25) is 0 Å². The van der Waals surface area contributed by atoms with Crippen molar-refractivity contribution in [3.05, 3.63) is 34.9 Å². The molecule has 0 spiro atoms. The van der Waals surface area contributed by atoms with Crippen LogP contribution in [0.15, 0.2) is 24.3 Å². The SMILES string of the molecule is CC(C)(C#N)CCS(=O)(=O)Cc1ccc(Cl)cc1. The lowest BCUT2D eigenvalue weighted by atomic mass is 9.93. The average Bonchev–Trinajstić information content (AvgIpc) is 2.30. The van der Waals surface area contributed by atoms with Gasteiger partial charge in [-0.25, -0.2) is 8.42 Å². The predicted octanol–water partition coefficient (Wildman–Crippen LogP) is 3.19. The van der Waals surface area contributed by atoms with Crippen LogP contribution in [-0.2, 0) is 15.6 Å². The molecule has 0 atom stereocenters. The van der Waals surface area contributed by atoms with E-state index < -0.39 is 15.3 Å². The Bertz CT molecular complexity index is 541. The zero-order valence-electron chi connectivity index (χ0n) is 10.5. The maximum Gasteiger partial charge on any atom is 0.154 e. The average molecular weight is 286 g/mol. The highest BCUT2D eigenvalue weighted by molar-refractivity contribution is 7.90. The predicted molar refractivity (Wildman–Crippen MR) is 73.0 cm³/mol. The summed E-state index contributed by atoms with van der Waals surface area (Å²) in [6, 6.07) is 8.86. The molecule has 1 rings (SSSR count). The third-order valence-electron chi connectivity index (χ3n) is 2.64. The van der Waals surface area contributed by atoms with E-state index in [0.717, 1.165) is 0 Å². The number of benzene rings is 1. The summed E-state index contributed by atoms with van der Waals surface area (Å²) in [5.41, 5.74) is 0.113. The Kier molecular flexibility index (Phi) is 4.78. The Morgan fingerprint density at radius 2 is 1.83 bits per heavy atom. The molecule has 0 saturated carbocycles. The molecule has 0 amide bonds. The van der Waals surface area contributed by atoms with Gasteiger partial charge in [0, 0.05) is 5.02 Å². The van der Waals surface area contributed by atoms with Crippen LogP contribution in [0.3, 0.4) is 0 Å². The first kappa shape index (κ1) is 15.0. The van der Waals surface area contributed by atoms with Gasteiger partial charge in [0.05, 0.1) is 23.0 Å². The number of hydrogen-bond acceptors (Lipinski definition) is 3. The second-order valence-corrected chi connectivity index (χ2v) is 7.58. The fraction of sp³-hybridized carbons (Fsp3) is 0.462. The maximum atomic E-state index is 11.9. The van der Waals surface area contributed by atoms with Crippen molar-refractivity contribution in [2.75, 3.05) is 5.75 Å². The molecular formula is C13H16ClNO2S. The molecule has 0 bridgehead atoms. The second kappa shape index (κ2) is 5.73. The quantitative estimate of drug-likeness (QED) is 0.835. The van der Waals surface area contributed by atoms with Crippen molar-refractivity contribution in [3.63, 3.8) is 0 Å². The zero-order chi connectivity index (χ0) is 13.8. The minimum Gasteiger partial charge on any atom is -0.228 e. The van der Waals surface area contributed by atoms with Crippen LogP contribution in [0.4, 0.5) is 0 Å². The molecular weight excluding hydrogens is 270 g/mol. The van der Waals surface area contributed by atoms with Gasteiger partial charge in [0.25, 0.3) is 0 Å². The van der Waals surface area contributed by atoms with E-state index in [-0.39, 0.29) is 11.5 Å². The summed E-state index contributed by atoms with van der Waals surface area (Å²) in [5.74, 6) is 0.0157. The van der Waals surface area contributed by atoms with E-state index in [9.17, 15) is 8.42 Å². The van der Waals surface area contributed by atoms with Crippen molar-refractivity contribution in [2.24, 2.45) is 5.41 Å². The van der Waals surface area contributed by atoms with E-state index in [1.165, 1.54) is 0 Å². The molecule has 0 heterocycles. The third-order valence-corrected chi connectivity index (χ3v) is 4.49. The van der Waals surface area contributed by atoms with E-state index in [1.54, 1.807) is 38.1 Å². The van der Waals surface area contributed by atoms with Gasteiger partial charge in [0.1, 0.15) is 0 Å². The minimum atomic E-state index is -3.18. The number of hydrogen-bond donors (Lipinski definition) is 0. The minimum absolute atomic E-state index is 0.00826. The monoisotopic (exact) mass is 285 g/mol. The number of rotatable bonds is 5. The van der Waals surface area contributed by atoms with E-state index in [1.807, 2.05) is 0 Å². The molecule has 98 valence electrons. The highest BCUT2D eigenvalue weighted by Gasteiger charge is 2.21. The normalized spacial score (nSPS) is 12.1. The van der Waals surface area contributed by atoms with Crippen LogP contribution in [0.2, 0.25) is 5.02 Å². The Labute approximate surface area is 113 Å². The molecule has 5 heteroatoms. The largest absolute Gasteiger partial charge is 0.228 e. The molecule has 0 unspecified atom stereocenters. The third kappa shape index (κ3) is 5.07. The standard InChI is InChI=1S/C13H16ClNO2S/c1-13(2,10-15)7-8-18(16,17)9-11-3-5-12(14)6-4-11/h3-6H,7-9H2,1-2H3. The zero-order valence-corrected chi connectivity index (χ0v) is 12.1. The van der Waals surface area contributed by atoms with Crippen LogP contribution in [0.25, 0.3) is 0 Å².